The summed E-state index contributed by atoms with van der Waals surface area (Å²) in [6, 6.07) is 5.50. The van der Waals surface area contributed by atoms with Crippen LogP contribution in [0.4, 0.5) is 0 Å². The number of hydrogen-bond donors (Lipinski definition) is 1. The lowest BCUT2D eigenvalue weighted by atomic mass is 10.0. The maximum Gasteiger partial charge on any atom is 0.335 e. The SMILES string of the molecule is O=C(O)c1ccc2c(c1)CCN(C1=CC=C1)CC2. The molecule has 1 aromatic rings. The van der Waals surface area contributed by atoms with E-state index in [0.29, 0.717) is 5.56 Å². The zero-order chi connectivity index (χ0) is 12.5. The van der Waals surface area contributed by atoms with Gasteiger partial charge in [0.1, 0.15) is 0 Å². The van der Waals surface area contributed by atoms with Gasteiger partial charge in [0.15, 0.2) is 0 Å². The molecule has 3 nitrogen and oxygen atoms in total. The first-order chi connectivity index (χ1) is 8.74. The van der Waals surface area contributed by atoms with Crippen LogP contribution in [0.2, 0.25) is 0 Å². The molecule has 0 unspecified atom stereocenters. The molecule has 0 atom stereocenters. The molecule has 0 saturated carbocycles. The molecule has 3 rings (SSSR count). The van der Waals surface area contributed by atoms with Crippen molar-refractivity contribution in [1.82, 2.24) is 4.90 Å². The molecule has 0 bridgehead atoms. The molecule has 2 aliphatic rings. The lowest BCUT2D eigenvalue weighted by Gasteiger charge is -2.26. The van der Waals surface area contributed by atoms with E-state index < -0.39 is 5.97 Å². The average Bonchev–Trinajstić information content (AvgIpc) is 2.49. The van der Waals surface area contributed by atoms with Gasteiger partial charge in [0.05, 0.1) is 5.56 Å². The zero-order valence-electron chi connectivity index (χ0n) is 10.1. The molecule has 0 radical (unpaired) electrons. The Hall–Kier alpha value is -2.03. The van der Waals surface area contributed by atoms with Crippen LogP contribution in [0.25, 0.3) is 0 Å². The van der Waals surface area contributed by atoms with Crippen molar-refractivity contribution in [2.75, 3.05) is 13.1 Å². The van der Waals surface area contributed by atoms with Gasteiger partial charge in [-0.3, -0.25) is 0 Å². The third-order valence-corrected chi connectivity index (χ3v) is 3.65. The summed E-state index contributed by atoms with van der Waals surface area (Å²) in [5.74, 6) is -0.844. The summed E-state index contributed by atoms with van der Waals surface area (Å²) in [6.07, 6.45) is 8.20. The number of fused-ring (bicyclic) bond motifs is 1. The highest BCUT2D eigenvalue weighted by Gasteiger charge is 2.17. The molecule has 0 saturated heterocycles. The highest BCUT2D eigenvalue weighted by atomic mass is 16.4. The van der Waals surface area contributed by atoms with Crippen molar-refractivity contribution in [1.29, 1.82) is 0 Å². The second kappa shape index (κ2) is 4.33. The van der Waals surface area contributed by atoms with Gasteiger partial charge in [0.2, 0.25) is 0 Å². The van der Waals surface area contributed by atoms with Gasteiger partial charge in [0, 0.05) is 18.8 Å². The van der Waals surface area contributed by atoms with Gasteiger partial charge >= 0.3 is 5.97 Å². The predicted octanol–water partition coefficient (Wildman–Crippen LogP) is 2.24. The molecule has 1 aromatic carbocycles. The molecule has 1 aliphatic heterocycles. The van der Waals surface area contributed by atoms with Crippen LogP contribution in [0.5, 0.6) is 0 Å². The standard InChI is InChI=1S/C15H15NO2/c17-15(18)13-5-4-11-6-8-16(14-2-1-3-14)9-7-12(11)10-13/h1-5,10H,6-9H2,(H,17,18). The van der Waals surface area contributed by atoms with E-state index in [1.807, 2.05) is 12.1 Å². The van der Waals surface area contributed by atoms with Crippen molar-refractivity contribution in [3.8, 4) is 0 Å². The van der Waals surface area contributed by atoms with E-state index in [0.717, 1.165) is 25.9 Å². The highest BCUT2D eigenvalue weighted by molar-refractivity contribution is 5.87. The van der Waals surface area contributed by atoms with Gasteiger partial charge in [0.25, 0.3) is 0 Å². The Morgan fingerprint density at radius 2 is 1.89 bits per heavy atom. The fourth-order valence-electron chi connectivity index (χ4n) is 2.51. The van der Waals surface area contributed by atoms with Gasteiger partial charge in [-0.1, -0.05) is 12.1 Å². The second-order valence-corrected chi connectivity index (χ2v) is 4.73. The number of carboxylic acids is 1. The normalized spacial score (nSPS) is 17.6. The van der Waals surface area contributed by atoms with Crippen LogP contribution in [-0.2, 0) is 12.8 Å². The molecule has 1 heterocycles. The van der Waals surface area contributed by atoms with Gasteiger partial charge in [-0.15, -0.1) is 0 Å². The number of nitrogens with zero attached hydrogens (tertiary/aromatic N) is 1. The summed E-state index contributed by atoms with van der Waals surface area (Å²) in [7, 11) is 0. The molecule has 3 heteroatoms. The molecule has 0 amide bonds. The number of rotatable bonds is 2. The van der Waals surface area contributed by atoms with Crippen LogP contribution in [-0.4, -0.2) is 29.1 Å². The Balaban J connectivity index is 1.82. The number of aromatic carboxylic acids is 1. The summed E-state index contributed by atoms with van der Waals surface area (Å²) in [5.41, 5.74) is 4.15. The number of allylic oxidation sites excluding steroid dienone is 3. The Kier molecular flexibility index (Phi) is 2.67. The zero-order valence-corrected chi connectivity index (χ0v) is 10.1. The molecule has 1 N–H and O–H groups in total. The molecular formula is C15H15NO2. The summed E-state index contributed by atoms with van der Waals surface area (Å²) in [6.45, 7) is 1.97. The lowest BCUT2D eigenvalue weighted by Crippen LogP contribution is -2.26. The number of hydrogen-bond acceptors (Lipinski definition) is 2. The van der Waals surface area contributed by atoms with Crippen LogP contribution in [0.3, 0.4) is 0 Å². The summed E-state index contributed by atoms with van der Waals surface area (Å²) < 4.78 is 0. The van der Waals surface area contributed by atoms with Crippen molar-refractivity contribution in [3.63, 3.8) is 0 Å². The smallest absolute Gasteiger partial charge is 0.335 e. The van der Waals surface area contributed by atoms with Crippen molar-refractivity contribution in [2.45, 2.75) is 12.8 Å². The third-order valence-electron chi connectivity index (χ3n) is 3.65. The van der Waals surface area contributed by atoms with Gasteiger partial charge in [-0.05, 0) is 48.3 Å². The predicted molar refractivity (Wildman–Crippen MR) is 69.6 cm³/mol. The van der Waals surface area contributed by atoms with Crippen LogP contribution in [0, 0.1) is 0 Å². The highest BCUT2D eigenvalue weighted by Crippen LogP contribution is 2.22. The Bertz CT molecular complexity index is 558. The largest absolute Gasteiger partial charge is 0.478 e. The Morgan fingerprint density at radius 1 is 1.17 bits per heavy atom. The first-order valence-corrected chi connectivity index (χ1v) is 6.22. The molecule has 0 fully saturated rings. The van der Waals surface area contributed by atoms with Gasteiger partial charge in [-0.2, -0.15) is 0 Å². The first kappa shape index (κ1) is 11.1. The Morgan fingerprint density at radius 3 is 2.50 bits per heavy atom. The van der Waals surface area contributed by atoms with Crippen LogP contribution in [0.15, 0.2) is 42.1 Å². The minimum absolute atomic E-state index is 0.393. The fourth-order valence-corrected chi connectivity index (χ4v) is 2.51. The molecule has 18 heavy (non-hydrogen) atoms. The van der Waals surface area contributed by atoms with E-state index in [-0.39, 0.29) is 0 Å². The number of benzene rings is 1. The van der Waals surface area contributed by atoms with Crippen LogP contribution in [0.1, 0.15) is 21.5 Å². The molecule has 0 spiro atoms. The van der Waals surface area contributed by atoms with E-state index in [1.165, 1.54) is 16.8 Å². The van der Waals surface area contributed by atoms with E-state index in [4.69, 9.17) is 5.11 Å². The van der Waals surface area contributed by atoms with Crippen molar-refractivity contribution >= 4 is 5.97 Å². The van der Waals surface area contributed by atoms with Crippen molar-refractivity contribution in [3.05, 3.63) is 58.8 Å². The monoisotopic (exact) mass is 241 g/mol. The summed E-state index contributed by atoms with van der Waals surface area (Å²) >= 11 is 0. The van der Waals surface area contributed by atoms with E-state index in [9.17, 15) is 4.79 Å². The van der Waals surface area contributed by atoms with Crippen LogP contribution >= 0.6 is 0 Å². The maximum atomic E-state index is 11.0. The van der Waals surface area contributed by atoms with E-state index in [1.54, 1.807) is 6.07 Å². The summed E-state index contributed by atoms with van der Waals surface area (Å²) in [5, 5.41) is 9.02. The quantitative estimate of drug-likeness (QED) is 0.863. The number of carboxylic acid groups (broad SMARTS) is 1. The minimum Gasteiger partial charge on any atom is -0.478 e. The molecular weight excluding hydrogens is 226 g/mol. The summed E-state index contributed by atoms with van der Waals surface area (Å²) in [4.78, 5) is 13.3. The molecule has 1 aliphatic carbocycles. The lowest BCUT2D eigenvalue weighted by molar-refractivity contribution is 0.0696. The molecule has 0 aromatic heterocycles. The number of carbonyl (C=O) groups is 1. The van der Waals surface area contributed by atoms with Crippen LogP contribution < -0.4 is 0 Å². The molecule has 92 valence electrons. The Labute approximate surface area is 106 Å². The van der Waals surface area contributed by atoms with E-state index >= 15 is 0 Å². The van der Waals surface area contributed by atoms with E-state index in [2.05, 4.69) is 23.1 Å². The maximum absolute atomic E-state index is 11.0. The second-order valence-electron chi connectivity index (χ2n) is 4.73. The fraction of sp³-hybridized carbons (Fsp3) is 0.267. The van der Waals surface area contributed by atoms with Gasteiger partial charge < -0.3 is 10.0 Å². The topological polar surface area (TPSA) is 40.5 Å². The average molecular weight is 241 g/mol. The third kappa shape index (κ3) is 1.92. The minimum atomic E-state index is -0.844. The first-order valence-electron chi connectivity index (χ1n) is 6.22. The van der Waals surface area contributed by atoms with Crippen molar-refractivity contribution < 1.29 is 9.90 Å². The van der Waals surface area contributed by atoms with Crippen molar-refractivity contribution in [2.24, 2.45) is 0 Å². The van der Waals surface area contributed by atoms with Gasteiger partial charge in [-0.25, -0.2) is 4.79 Å².